The first kappa shape index (κ1) is 15.6. The zero-order valence-electron chi connectivity index (χ0n) is 12.8. The second-order valence-corrected chi connectivity index (χ2v) is 6.56. The van der Waals surface area contributed by atoms with Crippen LogP contribution >= 0.6 is 11.3 Å². The number of hydrogen-bond acceptors (Lipinski definition) is 3. The van der Waals surface area contributed by atoms with E-state index in [1.54, 1.807) is 0 Å². The van der Waals surface area contributed by atoms with E-state index in [1.807, 2.05) is 11.3 Å². The van der Waals surface area contributed by atoms with Crippen molar-refractivity contribution >= 4 is 11.3 Å². The summed E-state index contributed by atoms with van der Waals surface area (Å²) in [4.78, 5) is 6.28. The average molecular weight is 268 g/mol. The number of nitrogens with zero attached hydrogens (tertiary/aromatic N) is 1. The standard InChI is InChI=1S/C15H28N2S/c1-7-10-15(9-3,17-11(4)5)14-16-13(8-2)12(6)18-14/h11,17H,7-10H2,1-6H3. The van der Waals surface area contributed by atoms with Crippen molar-refractivity contribution < 1.29 is 0 Å². The van der Waals surface area contributed by atoms with Crippen LogP contribution < -0.4 is 5.32 Å². The first-order chi connectivity index (χ1) is 8.49. The molecular formula is C15H28N2S. The molecule has 0 radical (unpaired) electrons. The van der Waals surface area contributed by atoms with Crippen molar-refractivity contribution in [2.75, 3.05) is 0 Å². The van der Waals surface area contributed by atoms with Gasteiger partial charge in [-0.25, -0.2) is 4.98 Å². The van der Waals surface area contributed by atoms with Gasteiger partial charge in [0.05, 0.1) is 11.2 Å². The fraction of sp³-hybridized carbons (Fsp3) is 0.800. The first-order valence-electron chi connectivity index (χ1n) is 7.23. The van der Waals surface area contributed by atoms with E-state index in [0.29, 0.717) is 6.04 Å². The second-order valence-electron chi connectivity index (χ2n) is 5.36. The first-order valence-corrected chi connectivity index (χ1v) is 8.05. The van der Waals surface area contributed by atoms with Crippen molar-refractivity contribution in [2.45, 2.75) is 78.8 Å². The van der Waals surface area contributed by atoms with Crippen molar-refractivity contribution in [2.24, 2.45) is 0 Å². The van der Waals surface area contributed by atoms with Crippen LogP contribution in [0.2, 0.25) is 0 Å². The van der Waals surface area contributed by atoms with Crippen molar-refractivity contribution in [3.63, 3.8) is 0 Å². The zero-order chi connectivity index (χ0) is 13.8. The Labute approximate surface area is 116 Å². The lowest BCUT2D eigenvalue weighted by atomic mass is 9.90. The highest BCUT2D eigenvalue weighted by molar-refractivity contribution is 7.11. The average Bonchev–Trinajstić information content (AvgIpc) is 2.69. The fourth-order valence-corrected chi connectivity index (χ4v) is 3.87. The molecule has 1 aromatic rings. The van der Waals surface area contributed by atoms with Gasteiger partial charge in [0.1, 0.15) is 5.01 Å². The third-order valence-electron chi connectivity index (χ3n) is 3.48. The van der Waals surface area contributed by atoms with Gasteiger partial charge in [-0.1, -0.05) is 27.2 Å². The van der Waals surface area contributed by atoms with Crippen LogP contribution in [0.4, 0.5) is 0 Å². The van der Waals surface area contributed by atoms with Gasteiger partial charge in [0, 0.05) is 10.9 Å². The van der Waals surface area contributed by atoms with Crippen molar-refractivity contribution in [1.82, 2.24) is 10.3 Å². The summed E-state index contributed by atoms with van der Waals surface area (Å²) in [6, 6.07) is 0.491. The Kier molecular flexibility index (Phi) is 5.80. The predicted molar refractivity (Wildman–Crippen MR) is 81.4 cm³/mol. The molecule has 0 amide bonds. The summed E-state index contributed by atoms with van der Waals surface area (Å²) in [7, 11) is 0. The highest BCUT2D eigenvalue weighted by atomic mass is 32.1. The van der Waals surface area contributed by atoms with E-state index in [4.69, 9.17) is 4.98 Å². The Morgan fingerprint density at radius 1 is 1.28 bits per heavy atom. The smallest absolute Gasteiger partial charge is 0.113 e. The SMILES string of the molecule is CCCC(CC)(NC(C)C)c1nc(CC)c(C)s1. The highest BCUT2D eigenvalue weighted by Gasteiger charge is 2.33. The molecule has 104 valence electrons. The van der Waals surface area contributed by atoms with E-state index >= 15 is 0 Å². The van der Waals surface area contributed by atoms with Gasteiger partial charge in [-0.3, -0.25) is 0 Å². The van der Waals surface area contributed by atoms with Gasteiger partial charge in [-0.05, 0) is 40.0 Å². The third kappa shape index (κ3) is 3.33. The van der Waals surface area contributed by atoms with Crippen LogP contribution in [0.1, 0.15) is 69.5 Å². The van der Waals surface area contributed by atoms with Crippen LogP contribution in [0.5, 0.6) is 0 Å². The van der Waals surface area contributed by atoms with E-state index in [2.05, 4.69) is 46.9 Å². The van der Waals surface area contributed by atoms with Crippen LogP contribution in [-0.4, -0.2) is 11.0 Å². The Balaban J connectivity index is 3.14. The van der Waals surface area contributed by atoms with E-state index in [0.717, 1.165) is 19.3 Å². The molecule has 0 aliphatic heterocycles. The molecule has 0 saturated heterocycles. The lowest BCUT2D eigenvalue weighted by Crippen LogP contribution is -2.45. The number of hydrogen-bond donors (Lipinski definition) is 1. The summed E-state index contributed by atoms with van der Waals surface area (Å²) < 4.78 is 0. The Hall–Kier alpha value is -0.410. The van der Waals surface area contributed by atoms with Gasteiger partial charge in [0.2, 0.25) is 0 Å². The van der Waals surface area contributed by atoms with E-state index in [1.165, 1.54) is 22.0 Å². The maximum Gasteiger partial charge on any atom is 0.113 e. The molecule has 0 aromatic carbocycles. The quantitative estimate of drug-likeness (QED) is 0.792. The van der Waals surface area contributed by atoms with Gasteiger partial charge in [0.15, 0.2) is 0 Å². The minimum atomic E-state index is 0.0752. The minimum absolute atomic E-state index is 0.0752. The molecule has 18 heavy (non-hydrogen) atoms. The van der Waals surface area contributed by atoms with Gasteiger partial charge in [0.25, 0.3) is 0 Å². The molecule has 0 fully saturated rings. The summed E-state index contributed by atoms with van der Waals surface area (Å²) in [5.41, 5.74) is 1.35. The molecular weight excluding hydrogens is 240 g/mol. The normalized spacial score (nSPS) is 15.1. The largest absolute Gasteiger partial charge is 0.303 e. The molecule has 0 aliphatic rings. The molecule has 0 saturated carbocycles. The van der Waals surface area contributed by atoms with Crippen LogP contribution in [0, 0.1) is 6.92 Å². The molecule has 3 heteroatoms. The number of aryl methyl sites for hydroxylation is 2. The van der Waals surface area contributed by atoms with E-state index in [9.17, 15) is 0 Å². The van der Waals surface area contributed by atoms with Crippen LogP contribution in [0.3, 0.4) is 0 Å². The highest BCUT2D eigenvalue weighted by Crippen LogP contribution is 2.35. The molecule has 1 N–H and O–H groups in total. The van der Waals surface area contributed by atoms with E-state index < -0.39 is 0 Å². The Bertz CT molecular complexity index is 371. The summed E-state index contributed by atoms with van der Waals surface area (Å²) in [6.45, 7) is 13.4. The molecule has 1 atom stereocenters. The lowest BCUT2D eigenvalue weighted by Gasteiger charge is -2.34. The molecule has 0 aliphatic carbocycles. The summed E-state index contributed by atoms with van der Waals surface area (Å²) in [5, 5.41) is 5.06. The summed E-state index contributed by atoms with van der Waals surface area (Å²) in [5.74, 6) is 0. The maximum absolute atomic E-state index is 4.90. The molecule has 0 bridgehead atoms. The molecule has 1 rings (SSSR count). The number of aromatic nitrogens is 1. The molecule has 1 aromatic heterocycles. The molecule has 1 heterocycles. The van der Waals surface area contributed by atoms with Crippen molar-refractivity contribution in [3.05, 3.63) is 15.6 Å². The Morgan fingerprint density at radius 2 is 1.94 bits per heavy atom. The fourth-order valence-electron chi connectivity index (χ4n) is 2.61. The summed E-state index contributed by atoms with van der Waals surface area (Å²) in [6.07, 6.45) is 4.50. The molecule has 1 unspecified atom stereocenters. The number of thiazole rings is 1. The van der Waals surface area contributed by atoms with Crippen LogP contribution in [0.15, 0.2) is 0 Å². The zero-order valence-corrected chi connectivity index (χ0v) is 13.6. The minimum Gasteiger partial charge on any atom is -0.303 e. The topological polar surface area (TPSA) is 24.9 Å². The van der Waals surface area contributed by atoms with Crippen LogP contribution in [-0.2, 0) is 12.0 Å². The predicted octanol–water partition coefficient (Wildman–Crippen LogP) is 4.42. The maximum atomic E-state index is 4.90. The second kappa shape index (κ2) is 6.67. The molecule has 2 nitrogen and oxygen atoms in total. The van der Waals surface area contributed by atoms with Gasteiger partial charge in [-0.15, -0.1) is 11.3 Å². The van der Waals surface area contributed by atoms with Gasteiger partial charge in [-0.2, -0.15) is 0 Å². The lowest BCUT2D eigenvalue weighted by molar-refractivity contribution is 0.269. The van der Waals surface area contributed by atoms with Gasteiger partial charge >= 0.3 is 0 Å². The monoisotopic (exact) mass is 268 g/mol. The third-order valence-corrected chi connectivity index (χ3v) is 4.70. The van der Waals surface area contributed by atoms with Crippen molar-refractivity contribution in [1.29, 1.82) is 0 Å². The van der Waals surface area contributed by atoms with Crippen molar-refractivity contribution in [3.8, 4) is 0 Å². The summed E-state index contributed by atoms with van der Waals surface area (Å²) >= 11 is 1.88. The number of rotatable bonds is 7. The van der Waals surface area contributed by atoms with Crippen LogP contribution in [0.25, 0.3) is 0 Å². The Morgan fingerprint density at radius 3 is 2.33 bits per heavy atom. The molecule has 0 spiro atoms. The van der Waals surface area contributed by atoms with E-state index in [-0.39, 0.29) is 5.54 Å². The number of nitrogens with one attached hydrogen (secondary N) is 1. The van der Waals surface area contributed by atoms with Gasteiger partial charge < -0.3 is 5.32 Å².